The molecule has 1 atom stereocenters. The Morgan fingerprint density at radius 3 is 1.82 bits per heavy atom. The van der Waals surface area contributed by atoms with E-state index in [9.17, 15) is 30.4 Å². The summed E-state index contributed by atoms with van der Waals surface area (Å²) in [5, 5.41) is 0.934. The van der Waals surface area contributed by atoms with Crippen LogP contribution in [0.1, 0.15) is 10.8 Å². The lowest BCUT2D eigenvalue weighted by Gasteiger charge is -2.19. The highest BCUT2D eigenvalue weighted by Gasteiger charge is 2.51. The van der Waals surface area contributed by atoms with Crippen molar-refractivity contribution in [2.75, 3.05) is 0 Å². The Balaban J connectivity index is 3.55. The summed E-state index contributed by atoms with van der Waals surface area (Å²) in [5.41, 5.74) is -1.62. The molecule has 0 aromatic heterocycles. The van der Waals surface area contributed by atoms with E-state index in [1.165, 1.54) is 0 Å². The Hall–Kier alpha value is -1.22. The Kier molecular flexibility index (Phi) is 3.44. The van der Waals surface area contributed by atoms with Crippen LogP contribution < -0.4 is 5.14 Å². The van der Waals surface area contributed by atoms with Crippen LogP contribution in [0, 0.1) is 11.6 Å². The fraction of sp³-hybridized carbons (Fsp3) is 0.250. The number of hydrogen-bond acceptors (Lipinski definition) is 2. The van der Waals surface area contributed by atoms with E-state index in [4.69, 9.17) is 0 Å². The van der Waals surface area contributed by atoms with Crippen LogP contribution in [0.15, 0.2) is 18.2 Å². The van der Waals surface area contributed by atoms with E-state index in [-0.39, 0.29) is 0 Å². The van der Waals surface area contributed by atoms with Crippen LogP contribution in [-0.4, -0.2) is 14.6 Å². The zero-order chi connectivity index (χ0) is 13.4. The molecule has 1 aromatic carbocycles. The predicted molar refractivity (Wildman–Crippen MR) is 48.3 cm³/mol. The van der Waals surface area contributed by atoms with Crippen LogP contribution >= 0.6 is 0 Å². The van der Waals surface area contributed by atoms with Gasteiger partial charge < -0.3 is 0 Å². The minimum atomic E-state index is -5.41. The Labute approximate surface area is 93.1 Å². The summed E-state index contributed by atoms with van der Waals surface area (Å²) >= 11 is 0. The van der Waals surface area contributed by atoms with Gasteiger partial charge in [-0.05, 0) is 12.1 Å². The van der Waals surface area contributed by atoms with Crippen molar-refractivity contribution in [2.24, 2.45) is 5.14 Å². The van der Waals surface area contributed by atoms with Gasteiger partial charge in [-0.15, -0.1) is 0 Å². The van der Waals surface area contributed by atoms with Gasteiger partial charge in [-0.2, -0.15) is 13.2 Å². The minimum absolute atomic E-state index is 0.516. The second-order valence-electron chi connectivity index (χ2n) is 3.15. The summed E-state index contributed by atoms with van der Waals surface area (Å²) in [6, 6.07) is 1.84. The van der Waals surface area contributed by atoms with Crippen molar-refractivity contribution in [3.05, 3.63) is 35.4 Å². The monoisotopic (exact) mass is 275 g/mol. The molecule has 1 aromatic rings. The van der Waals surface area contributed by atoms with E-state index in [0.717, 1.165) is 6.07 Å². The SMILES string of the molecule is NS(=O)(=O)C(c1c(F)cccc1F)C(F)(F)F. The summed E-state index contributed by atoms with van der Waals surface area (Å²) in [6.07, 6.45) is -5.41. The number of hydrogen-bond donors (Lipinski definition) is 1. The van der Waals surface area contributed by atoms with E-state index in [1.54, 1.807) is 0 Å². The van der Waals surface area contributed by atoms with Crippen molar-refractivity contribution < 1.29 is 30.4 Å². The van der Waals surface area contributed by atoms with Crippen molar-refractivity contribution in [2.45, 2.75) is 11.4 Å². The number of halogens is 5. The largest absolute Gasteiger partial charge is 0.411 e. The van der Waals surface area contributed by atoms with Gasteiger partial charge in [-0.25, -0.2) is 22.3 Å². The van der Waals surface area contributed by atoms with Crippen molar-refractivity contribution in [3.8, 4) is 0 Å². The number of nitrogens with two attached hydrogens (primary N) is 1. The Bertz CT molecular complexity index is 505. The number of primary sulfonamides is 1. The van der Waals surface area contributed by atoms with E-state index < -0.39 is 38.6 Å². The summed E-state index contributed by atoms with van der Waals surface area (Å²) in [7, 11) is -5.23. The van der Waals surface area contributed by atoms with Crippen LogP contribution in [0.2, 0.25) is 0 Å². The summed E-state index contributed by atoms with van der Waals surface area (Å²) in [6.45, 7) is 0. The highest BCUT2D eigenvalue weighted by molar-refractivity contribution is 7.89. The molecule has 0 fully saturated rings. The molecule has 0 aliphatic rings. The van der Waals surface area contributed by atoms with E-state index in [0.29, 0.717) is 12.1 Å². The van der Waals surface area contributed by atoms with Gasteiger partial charge in [0.2, 0.25) is 15.3 Å². The second-order valence-corrected chi connectivity index (χ2v) is 4.80. The van der Waals surface area contributed by atoms with E-state index >= 15 is 0 Å². The molecular formula is C8H6F5NO2S. The first-order valence-corrected chi connectivity index (χ1v) is 5.68. The summed E-state index contributed by atoms with van der Waals surface area (Å²) < 4.78 is 85.2. The molecule has 17 heavy (non-hydrogen) atoms. The molecule has 2 N–H and O–H groups in total. The molecule has 0 spiro atoms. The van der Waals surface area contributed by atoms with E-state index in [1.807, 2.05) is 0 Å². The molecular weight excluding hydrogens is 269 g/mol. The molecule has 0 bridgehead atoms. The van der Waals surface area contributed by atoms with Crippen LogP contribution in [0.25, 0.3) is 0 Å². The quantitative estimate of drug-likeness (QED) is 0.837. The summed E-state index contributed by atoms with van der Waals surface area (Å²) in [5.74, 6) is -3.25. The molecule has 96 valence electrons. The van der Waals surface area contributed by atoms with Crippen molar-refractivity contribution in [1.82, 2.24) is 0 Å². The van der Waals surface area contributed by atoms with Crippen LogP contribution in [-0.2, 0) is 10.0 Å². The zero-order valence-electron chi connectivity index (χ0n) is 8.00. The normalized spacial score (nSPS) is 14.7. The fourth-order valence-corrected chi connectivity index (χ4v) is 2.20. The molecule has 0 saturated heterocycles. The maximum absolute atomic E-state index is 13.1. The zero-order valence-corrected chi connectivity index (χ0v) is 8.82. The maximum atomic E-state index is 13.1. The molecule has 0 heterocycles. The lowest BCUT2D eigenvalue weighted by atomic mass is 10.1. The van der Waals surface area contributed by atoms with Gasteiger partial charge in [-0.3, -0.25) is 0 Å². The molecule has 1 unspecified atom stereocenters. The molecule has 3 nitrogen and oxygen atoms in total. The second kappa shape index (κ2) is 4.22. The third-order valence-electron chi connectivity index (χ3n) is 1.89. The molecule has 1 rings (SSSR count). The topological polar surface area (TPSA) is 60.2 Å². The van der Waals surface area contributed by atoms with Crippen LogP contribution in [0.5, 0.6) is 0 Å². The van der Waals surface area contributed by atoms with Gasteiger partial charge in [0.15, 0.2) is 0 Å². The lowest BCUT2D eigenvalue weighted by molar-refractivity contribution is -0.132. The average Bonchev–Trinajstić information content (AvgIpc) is 2.06. The predicted octanol–water partition coefficient (Wildman–Crippen LogP) is 1.86. The molecule has 0 radical (unpaired) electrons. The first-order valence-electron chi connectivity index (χ1n) is 4.07. The molecule has 9 heteroatoms. The van der Waals surface area contributed by atoms with Crippen molar-refractivity contribution in [1.29, 1.82) is 0 Å². The molecule has 0 amide bonds. The number of benzene rings is 1. The van der Waals surface area contributed by atoms with Crippen LogP contribution in [0.3, 0.4) is 0 Å². The third kappa shape index (κ3) is 2.91. The van der Waals surface area contributed by atoms with Gasteiger partial charge in [0.1, 0.15) is 11.6 Å². The Morgan fingerprint density at radius 1 is 1.12 bits per heavy atom. The highest BCUT2D eigenvalue weighted by atomic mass is 32.2. The average molecular weight is 275 g/mol. The van der Waals surface area contributed by atoms with Crippen molar-refractivity contribution in [3.63, 3.8) is 0 Å². The maximum Gasteiger partial charge on any atom is 0.411 e. The highest BCUT2D eigenvalue weighted by Crippen LogP contribution is 2.39. The number of rotatable bonds is 2. The third-order valence-corrected chi connectivity index (χ3v) is 3.05. The number of alkyl halides is 3. The summed E-state index contributed by atoms with van der Waals surface area (Å²) in [4.78, 5) is 0. The standard InChI is InChI=1S/C8H6F5NO2S/c9-4-2-1-3-5(10)6(4)7(8(11,12)13)17(14,15)16/h1-3,7H,(H2,14,15,16). The number of sulfonamides is 1. The fourth-order valence-electron chi connectivity index (χ4n) is 1.28. The van der Waals surface area contributed by atoms with Crippen molar-refractivity contribution >= 4 is 10.0 Å². The smallest absolute Gasteiger partial charge is 0.228 e. The van der Waals surface area contributed by atoms with Gasteiger partial charge >= 0.3 is 6.18 Å². The van der Waals surface area contributed by atoms with Gasteiger partial charge in [0.25, 0.3) is 0 Å². The minimum Gasteiger partial charge on any atom is -0.228 e. The Morgan fingerprint density at radius 2 is 1.53 bits per heavy atom. The molecule has 0 aliphatic carbocycles. The van der Waals surface area contributed by atoms with Crippen LogP contribution in [0.4, 0.5) is 22.0 Å². The molecule has 0 aliphatic heterocycles. The molecule has 0 saturated carbocycles. The lowest BCUT2D eigenvalue weighted by Crippen LogP contribution is -2.34. The van der Waals surface area contributed by atoms with Gasteiger partial charge in [0, 0.05) is 0 Å². The van der Waals surface area contributed by atoms with Gasteiger partial charge in [0.05, 0.1) is 5.56 Å². The van der Waals surface area contributed by atoms with E-state index in [2.05, 4.69) is 5.14 Å². The first kappa shape index (κ1) is 13.8. The first-order chi connectivity index (χ1) is 7.55. The van der Waals surface area contributed by atoms with Gasteiger partial charge in [-0.1, -0.05) is 6.07 Å².